The summed E-state index contributed by atoms with van der Waals surface area (Å²) in [6.07, 6.45) is 0. The monoisotopic (exact) mass is 302 g/mol. The van der Waals surface area contributed by atoms with E-state index in [1.165, 1.54) is 6.07 Å². The number of sulfonamides is 1. The van der Waals surface area contributed by atoms with Gasteiger partial charge < -0.3 is 5.73 Å². The molecule has 0 saturated heterocycles. The van der Waals surface area contributed by atoms with Crippen molar-refractivity contribution >= 4 is 38.6 Å². The largest absolute Gasteiger partial charge is 0.326 e. The number of nitrogens with one attached hydrogen (secondary N) is 1. The molecule has 2 rings (SSSR count). The van der Waals surface area contributed by atoms with Gasteiger partial charge in [-0.05, 0) is 23.8 Å². The summed E-state index contributed by atoms with van der Waals surface area (Å²) < 4.78 is 27.3. The summed E-state index contributed by atoms with van der Waals surface area (Å²) in [5, 5.41) is 0. The number of benzene rings is 1. The Kier molecular flexibility index (Phi) is 3.91. The highest BCUT2D eigenvalue weighted by atomic mass is 35.5. The Hall–Kier alpha value is -1.08. The van der Waals surface area contributed by atoms with Crippen LogP contribution in [0.3, 0.4) is 0 Å². The number of halogens is 1. The van der Waals surface area contributed by atoms with E-state index in [0.717, 1.165) is 16.9 Å². The fraction of sp³-hybridized carbons (Fsp3) is 0.0909. The highest BCUT2D eigenvalue weighted by molar-refractivity contribution is 7.94. The number of anilines is 1. The predicted octanol–water partition coefficient (Wildman–Crippen LogP) is 2.66. The van der Waals surface area contributed by atoms with Crippen LogP contribution in [0, 0.1) is 0 Å². The number of hydrogen-bond acceptors (Lipinski definition) is 4. The van der Waals surface area contributed by atoms with Crippen molar-refractivity contribution in [1.29, 1.82) is 0 Å². The fourth-order valence-electron chi connectivity index (χ4n) is 1.44. The second-order valence-corrected chi connectivity index (χ2v) is 7.15. The van der Waals surface area contributed by atoms with Gasteiger partial charge in [0.15, 0.2) is 0 Å². The van der Waals surface area contributed by atoms with E-state index in [2.05, 4.69) is 4.72 Å². The van der Waals surface area contributed by atoms with Gasteiger partial charge in [-0.2, -0.15) is 0 Å². The summed E-state index contributed by atoms with van der Waals surface area (Å²) >= 11 is 6.75. The molecule has 1 heterocycles. The van der Waals surface area contributed by atoms with Crippen LogP contribution in [0.15, 0.2) is 40.6 Å². The molecule has 0 unspecified atom stereocenters. The van der Waals surface area contributed by atoms with Crippen LogP contribution in [0.1, 0.15) is 5.56 Å². The van der Waals surface area contributed by atoms with Crippen molar-refractivity contribution in [3.05, 3.63) is 46.3 Å². The van der Waals surface area contributed by atoms with E-state index >= 15 is 0 Å². The van der Waals surface area contributed by atoms with E-state index in [1.807, 2.05) is 6.07 Å². The first-order valence-electron chi connectivity index (χ1n) is 5.09. The Morgan fingerprint density at radius 2 is 1.94 bits per heavy atom. The molecule has 0 atom stereocenters. The molecule has 4 nitrogen and oxygen atoms in total. The van der Waals surface area contributed by atoms with Crippen molar-refractivity contribution in [3.8, 4) is 0 Å². The maximum Gasteiger partial charge on any atom is 0.271 e. The van der Waals surface area contributed by atoms with Gasteiger partial charge in [0.1, 0.15) is 4.21 Å². The molecule has 0 aliphatic carbocycles. The Balaban J connectivity index is 2.33. The molecule has 0 fully saturated rings. The highest BCUT2D eigenvalue weighted by Crippen LogP contribution is 2.27. The second-order valence-electron chi connectivity index (χ2n) is 3.53. The minimum Gasteiger partial charge on any atom is -0.326 e. The van der Waals surface area contributed by atoms with Crippen molar-refractivity contribution in [1.82, 2.24) is 0 Å². The van der Waals surface area contributed by atoms with Crippen LogP contribution in [0.2, 0.25) is 4.34 Å². The first-order chi connectivity index (χ1) is 8.53. The van der Waals surface area contributed by atoms with Gasteiger partial charge in [0.05, 0.1) is 10.0 Å². The molecule has 0 spiro atoms. The van der Waals surface area contributed by atoms with Gasteiger partial charge in [-0.3, -0.25) is 4.72 Å². The van der Waals surface area contributed by atoms with Crippen molar-refractivity contribution in [2.24, 2.45) is 5.73 Å². The van der Waals surface area contributed by atoms with Crippen molar-refractivity contribution in [3.63, 3.8) is 0 Å². The van der Waals surface area contributed by atoms with E-state index in [1.54, 1.807) is 24.3 Å². The molecule has 2 aromatic rings. The molecule has 0 amide bonds. The number of nitrogens with two attached hydrogens (primary N) is 1. The maximum absolute atomic E-state index is 12.1. The smallest absolute Gasteiger partial charge is 0.271 e. The van der Waals surface area contributed by atoms with E-state index < -0.39 is 10.0 Å². The van der Waals surface area contributed by atoms with Gasteiger partial charge in [-0.15, -0.1) is 11.3 Å². The number of thiophene rings is 1. The van der Waals surface area contributed by atoms with Crippen LogP contribution >= 0.6 is 22.9 Å². The van der Waals surface area contributed by atoms with Crippen LogP contribution in [0.4, 0.5) is 5.69 Å². The standard InChI is InChI=1S/C11H11ClN2O2S2/c12-10-5-6-11(17-10)18(15,16)14-9-4-2-1-3-8(9)7-13/h1-6,14H,7,13H2. The zero-order valence-corrected chi connectivity index (χ0v) is 11.6. The van der Waals surface area contributed by atoms with E-state index in [0.29, 0.717) is 10.0 Å². The first kappa shape index (κ1) is 13.4. The van der Waals surface area contributed by atoms with Crippen LogP contribution < -0.4 is 10.5 Å². The lowest BCUT2D eigenvalue weighted by atomic mass is 10.2. The quantitative estimate of drug-likeness (QED) is 0.912. The van der Waals surface area contributed by atoms with Crippen LogP contribution in [0.5, 0.6) is 0 Å². The minimum absolute atomic E-state index is 0.180. The van der Waals surface area contributed by atoms with Gasteiger partial charge in [0.2, 0.25) is 0 Å². The third kappa shape index (κ3) is 2.84. The number of para-hydroxylation sites is 1. The van der Waals surface area contributed by atoms with Crippen LogP contribution in [0.25, 0.3) is 0 Å². The zero-order chi connectivity index (χ0) is 13.2. The molecule has 18 heavy (non-hydrogen) atoms. The summed E-state index contributed by atoms with van der Waals surface area (Å²) in [7, 11) is -3.60. The SMILES string of the molecule is NCc1ccccc1NS(=O)(=O)c1ccc(Cl)s1. The average molecular weight is 303 g/mol. The molecule has 7 heteroatoms. The lowest BCUT2D eigenvalue weighted by Gasteiger charge is -2.10. The second kappa shape index (κ2) is 5.27. The molecular formula is C11H11ClN2O2S2. The van der Waals surface area contributed by atoms with Gasteiger partial charge in [-0.25, -0.2) is 8.42 Å². The van der Waals surface area contributed by atoms with E-state index in [9.17, 15) is 8.42 Å². The number of rotatable bonds is 4. The van der Waals surface area contributed by atoms with Crippen molar-refractivity contribution < 1.29 is 8.42 Å². The Bertz CT molecular complexity index is 653. The van der Waals surface area contributed by atoms with Crippen LogP contribution in [-0.4, -0.2) is 8.42 Å². The van der Waals surface area contributed by atoms with Gasteiger partial charge in [0.25, 0.3) is 10.0 Å². The maximum atomic E-state index is 12.1. The van der Waals surface area contributed by atoms with Gasteiger partial charge >= 0.3 is 0 Å². The summed E-state index contributed by atoms with van der Waals surface area (Å²) in [6.45, 7) is 0.268. The molecule has 3 N–H and O–H groups in total. The minimum atomic E-state index is -3.60. The highest BCUT2D eigenvalue weighted by Gasteiger charge is 2.17. The lowest BCUT2D eigenvalue weighted by Crippen LogP contribution is -2.13. The third-order valence-corrected chi connectivity index (χ3v) is 5.38. The molecule has 1 aromatic carbocycles. The average Bonchev–Trinajstić information content (AvgIpc) is 2.77. The van der Waals surface area contributed by atoms with Crippen LogP contribution in [-0.2, 0) is 16.6 Å². The molecule has 0 aliphatic heterocycles. The van der Waals surface area contributed by atoms with E-state index in [-0.39, 0.29) is 10.8 Å². The number of hydrogen-bond donors (Lipinski definition) is 2. The van der Waals surface area contributed by atoms with Crippen molar-refractivity contribution in [2.75, 3.05) is 4.72 Å². The Morgan fingerprint density at radius 1 is 1.22 bits per heavy atom. The summed E-state index contributed by atoms with van der Waals surface area (Å²) in [4.78, 5) is 0. The Labute approximate surface area is 114 Å². The molecule has 0 radical (unpaired) electrons. The van der Waals surface area contributed by atoms with Gasteiger partial charge in [0, 0.05) is 6.54 Å². The van der Waals surface area contributed by atoms with Gasteiger partial charge in [-0.1, -0.05) is 29.8 Å². The normalized spacial score (nSPS) is 11.4. The topological polar surface area (TPSA) is 72.2 Å². The summed E-state index contributed by atoms with van der Waals surface area (Å²) in [5.74, 6) is 0. The Morgan fingerprint density at radius 3 is 2.56 bits per heavy atom. The molecule has 0 bridgehead atoms. The predicted molar refractivity (Wildman–Crippen MR) is 74.5 cm³/mol. The van der Waals surface area contributed by atoms with E-state index in [4.69, 9.17) is 17.3 Å². The fourth-order valence-corrected chi connectivity index (χ4v) is 4.02. The van der Waals surface area contributed by atoms with Crippen molar-refractivity contribution in [2.45, 2.75) is 10.8 Å². The molecule has 0 aliphatic rings. The molecule has 0 saturated carbocycles. The summed E-state index contributed by atoms with van der Waals surface area (Å²) in [5.41, 5.74) is 6.79. The third-order valence-electron chi connectivity index (χ3n) is 2.30. The molecule has 1 aromatic heterocycles. The summed E-state index contributed by atoms with van der Waals surface area (Å²) in [6, 6.07) is 10.0. The lowest BCUT2D eigenvalue weighted by molar-refractivity contribution is 0.603. The first-order valence-corrected chi connectivity index (χ1v) is 7.77. The zero-order valence-electron chi connectivity index (χ0n) is 9.26. The molecule has 96 valence electrons. The molecular weight excluding hydrogens is 292 g/mol.